The van der Waals surface area contributed by atoms with Crippen LogP contribution in [0, 0.1) is 11.3 Å². The first-order valence-corrected chi connectivity index (χ1v) is 5.21. The van der Waals surface area contributed by atoms with Gasteiger partial charge in [0.2, 0.25) is 5.91 Å². The van der Waals surface area contributed by atoms with Gasteiger partial charge >= 0.3 is 0 Å². The van der Waals surface area contributed by atoms with Crippen molar-refractivity contribution >= 4 is 11.6 Å². The second-order valence-corrected chi connectivity index (χ2v) is 3.42. The first kappa shape index (κ1) is 13.0. The molecule has 1 aromatic carbocycles. The number of benzene rings is 1. The molecular weight excluding hydrogens is 218 g/mol. The predicted octanol–water partition coefficient (Wildman–Crippen LogP) is 0.885. The van der Waals surface area contributed by atoms with Gasteiger partial charge in [-0.2, -0.15) is 5.26 Å². The third kappa shape index (κ3) is 5.00. The number of rotatable bonds is 6. The largest absolute Gasteiger partial charge is 0.380 e. The van der Waals surface area contributed by atoms with Crippen molar-refractivity contribution in [3.63, 3.8) is 0 Å². The molecule has 1 aromatic rings. The molecule has 0 aliphatic heterocycles. The molecular formula is C12H15N3O2. The smallest absolute Gasteiger partial charge is 0.240 e. The Bertz CT molecular complexity index is 412. The maximum Gasteiger partial charge on any atom is 0.240 e. The van der Waals surface area contributed by atoms with Crippen LogP contribution in [0.3, 0.4) is 0 Å². The van der Waals surface area contributed by atoms with E-state index in [-0.39, 0.29) is 19.0 Å². The van der Waals surface area contributed by atoms with Gasteiger partial charge in [0.25, 0.3) is 0 Å². The van der Waals surface area contributed by atoms with E-state index in [2.05, 4.69) is 10.6 Å². The number of nitrogens with one attached hydrogen (secondary N) is 2. The van der Waals surface area contributed by atoms with E-state index >= 15 is 0 Å². The predicted molar refractivity (Wildman–Crippen MR) is 64.3 cm³/mol. The zero-order chi connectivity index (χ0) is 12.5. The second-order valence-electron chi connectivity index (χ2n) is 3.42. The summed E-state index contributed by atoms with van der Waals surface area (Å²) >= 11 is 0. The SMILES string of the molecule is COCc1cccc(NCC(=O)NCC#N)c1. The fourth-order valence-electron chi connectivity index (χ4n) is 1.32. The highest BCUT2D eigenvalue weighted by molar-refractivity contribution is 5.80. The number of carbonyl (C=O) groups excluding carboxylic acids is 1. The molecule has 17 heavy (non-hydrogen) atoms. The number of nitriles is 1. The molecule has 5 nitrogen and oxygen atoms in total. The Labute approximate surface area is 100 Å². The maximum atomic E-state index is 11.2. The van der Waals surface area contributed by atoms with Gasteiger partial charge in [-0.1, -0.05) is 12.1 Å². The van der Waals surface area contributed by atoms with Gasteiger partial charge in [0.05, 0.1) is 19.2 Å². The number of hydrogen-bond acceptors (Lipinski definition) is 4. The molecule has 0 radical (unpaired) electrons. The minimum Gasteiger partial charge on any atom is -0.380 e. The zero-order valence-corrected chi connectivity index (χ0v) is 9.69. The Hall–Kier alpha value is -2.06. The van der Waals surface area contributed by atoms with Gasteiger partial charge in [0, 0.05) is 12.8 Å². The molecule has 2 N–H and O–H groups in total. The van der Waals surface area contributed by atoms with E-state index in [0.29, 0.717) is 6.61 Å². The summed E-state index contributed by atoms with van der Waals surface area (Å²) in [6.45, 7) is 0.721. The molecule has 0 saturated heterocycles. The van der Waals surface area contributed by atoms with Gasteiger partial charge in [-0.3, -0.25) is 4.79 Å². The summed E-state index contributed by atoms with van der Waals surface area (Å²) in [6, 6.07) is 9.48. The molecule has 0 heterocycles. The molecule has 0 fully saturated rings. The summed E-state index contributed by atoms with van der Waals surface area (Å²) in [7, 11) is 1.63. The monoisotopic (exact) mass is 233 g/mol. The van der Waals surface area contributed by atoms with Crippen LogP contribution in [0.1, 0.15) is 5.56 Å². The van der Waals surface area contributed by atoms with Crippen LogP contribution >= 0.6 is 0 Å². The number of nitrogens with zero attached hydrogens (tertiary/aromatic N) is 1. The Morgan fingerprint density at radius 1 is 1.53 bits per heavy atom. The highest BCUT2D eigenvalue weighted by Gasteiger charge is 2.00. The number of amides is 1. The van der Waals surface area contributed by atoms with E-state index in [0.717, 1.165) is 11.3 Å². The van der Waals surface area contributed by atoms with E-state index in [9.17, 15) is 4.79 Å². The first-order chi connectivity index (χ1) is 8.26. The van der Waals surface area contributed by atoms with Gasteiger partial charge in [-0.15, -0.1) is 0 Å². The van der Waals surface area contributed by atoms with E-state index < -0.39 is 0 Å². The minimum absolute atomic E-state index is 0.0320. The normalized spacial score (nSPS) is 9.41. The summed E-state index contributed by atoms with van der Waals surface area (Å²) in [4.78, 5) is 11.2. The second kappa shape index (κ2) is 7.25. The number of carbonyl (C=O) groups is 1. The average Bonchev–Trinajstić information content (AvgIpc) is 2.35. The lowest BCUT2D eigenvalue weighted by Crippen LogP contribution is -2.29. The molecule has 5 heteroatoms. The zero-order valence-electron chi connectivity index (χ0n) is 9.69. The molecule has 0 unspecified atom stereocenters. The highest BCUT2D eigenvalue weighted by atomic mass is 16.5. The summed E-state index contributed by atoms with van der Waals surface area (Å²) in [5, 5.41) is 13.7. The van der Waals surface area contributed by atoms with E-state index in [1.807, 2.05) is 30.3 Å². The van der Waals surface area contributed by atoms with Gasteiger partial charge in [-0.05, 0) is 17.7 Å². The number of hydrogen-bond donors (Lipinski definition) is 2. The summed E-state index contributed by atoms with van der Waals surface area (Å²) in [6.07, 6.45) is 0. The molecule has 0 aromatic heterocycles. The van der Waals surface area contributed by atoms with Crippen LogP contribution in [0.25, 0.3) is 0 Å². The number of ether oxygens (including phenoxy) is 1. The summed E-state index contributed by atoms with van der Waals surface area (Å²) < 4.78 is 5.02. The Morgan fingerprint density at radius 3 is 3.06 bits per heavy atom. The Balaban J connectivity index is 2.43. The van der Waals surface area contributed by atoms with Crippen LogP contribution in [-0.4, -0.2) is 26.1 Å². The van der Waals surface area contributed by atoms with Crippen molar-refractivity contribution in [1.29, 1.82) is 5.26 Å². The van der Waals surface area contributed by atoms with Crippen molar-refractivity contribution in [2.24, 2.45) is 0 Å². The van der Waals surface area contributed by atoms with E-state index in [4.69, 9.17) is 10.00 Å². The highest BCUT2D eigenvalue weighted by Crippen LogP contribution is 2.10. The van der Waals surface area contributed by atoms with Gasteiger partial charge < -0.3 is 15.4 Å². The van der Waals surface area contributed by atoms with E-state index in [1.54, 1.807) is 7.11 Å². The quantitative estimate of drug-likeness (QED) is 0.715. The lowest BCUT2D eigenvalue weighted by atomic mass is 10.2. The van der Waals surface area contributed by atoms with Crippen molar-refractivity contribution in [3.05, 3.63) is 29.8 Å². The Kier molecular flexibility index (Phi) is 5.55. The van der Waals surface area contributed by atoms with Crippen LogP contribution in [0.4, 0.5) is 5.69 Å². The molecule has 0 aliphatic carbocycles. The van der Waals surface area contributed by atoms with Crippen molar-refractivity contribution in [2.75, 3.05) is 25.5 Å². The lowest BCUT2D eigenvalue weighted by molar-refractivity contribution is -0.119. The molecule has 1 amide bonds. The molecule has 0 aliphatic rings. The molecule has 0 spiro atoms. The van der Waals surface area contributed by atoms with Crippen LogP contribution < -0.4 is 10.6 Å². The van der Waals surface area contributed by atoms with Crippen LogP contribution in [0.5, 0.6) is 0 Å². The summed E-state index contributed by atoms with van der Waals surface area (Å²) in [5.41, 5.74) is 1.89. The first-order valence-electron chi connectivity index (χ1n) is 5.21. The molecule has 90 valence electrons. The fraction of sp³-hybridized carbons (Fsp3) is 0.333. The van der Waals surface area contributed by atoms with E-state index in [1.165, 1.54) is 0 Å². The van der Waals surface area contributed by atoms with Crippen molar-refractivity contribution in [3.8, 4) is 6.07 Å². The van der Waals surface area contributed by atoms with Crippen LogP contribution in [0.15, 0.2) is 24.3 Å². The molecule has 0 bridgehead atoms. The molecule has 0 atom stereocenters. The van der Waals surface area contributed by atoms with Gasteiger partial charge in [-0.25, -0.2) is 0 Å². The molecule has 1 rings (SSSR count). The Morgan fingerprint density at radius 2 is 2.35 bits per heavy atom. The topological polar surface area (TPSA) is 74.2 Å². The average molecular weight is 233 g/mol. The maximum absolute atomic E-state index is 11.2. The third-order valence-electron chi connectivity index (χ3n) is 2.06. The number of anilines is 1. The van der Waals surface area contributed by atoms with Crippen molar-refractivity contribution in [1.82, 2.24) is 5.32 Å². The van der Waals surface area contributed by atoms with Crippen LogP contribution in [0.2, 0.25) is 0 Å². The fourth-order valence-corrected chi connectivity index (χ4v) is 1.32. The van der Waals surface area contributed by atoms with Crippen molar-refractivity contribution in [2.45, 2.75) is 6.61 Å². The minimum atomic E-state index is -0.205. The third-order valence-corrected chi connectivity index (χ3v) is 2.06. The van der Waals surface area contributed by atoms with Crippen molar-refractivity contribution < 1.29 is 9.53 Å². The van der Waals surface area contributed by atoms with Gasteiger partial charge in [0.15, 0.2) is 0 Å². The van der Waals surface area contributed by atoms with Crippen LogP contribution in [-0.2, 0) is 16.1 Å². The summed E-state index contributed by atoms with van der Waals surface area (Å²) in [5.74, 6) is -0.205. The number of methoxy groups -OCH3 is 1. The van der Waals surface area contributed by atoms with Gasteiger partial charge in [0.1, 0.15) is 6.54 Å². The standard InChI is InChI=1S/C12H15N3O2/c1-17-9-10-3-2-4-11(7-10)15-8-12(16)14-6-5-13/h2-4,7,15H,6,8-9H2,1H3,(H,14,16). The molecule has 0 saturated carbocycles. The lowest BCUT2D eigenvalue weighted by Gasteiger charge is -2.07.